The lowest BCUT2D eigenvalue weighted by Gasteiger charge is -2.08. The lowest BCUT2D eigenvalue weighted by molar-refractivity contribution is 0.0954. The highest BCUT2D eigenvalue weighted by atomic mass is 32.1. The van der Waals surface area contributed by atoms with Crippen LogP contribution in [0.3, 0.4) is 0 Å². The van der Waals surface area contributed by atoms with Crippen molar-refractivity contribution in [2.24, 2.45) is 5.73 Å². The van der Waals surface area contributed by atoms with E-state index in [0.29, 0.717) is 29.5 Å². The molecule has 3 aromatic rings. The number of nitrogens with zero attached hydrogens (tertiary/aromatic N) is 1. The normalized spacial score (nSPS) is 10.3. The third-order valence-electron chi connectivity index (χ3n) is 3.59. The molecule has 3 rings (SSSR count). The highest BCUT2D eigenvalue weighted by Crippen LogP contribution is 2.15. The van der Waals surface area contributed by atoms with Gasteiger partial charge in [0.05, 0.1) is 10.4 Å². The first-order valence-electron chi connectivity index (χ1n) is 7.90. The fourth-order valence-electron chi connectivity index (χ4n) is 2.22. The largest absolute Gasteiger partial charge is 0.473 e. The SMILES string of the molecule is NC(=O)c1csc(C(=O)NCc2ccnc(OCc3ccccc3)c2)c1. The van der Waals surface area contributed by atoms with Crippen LogP contribution in [0.4, 0.5) is 0 Å². The van der Waals surface area contributed by atoms with Crippen LogP contribution in [-0.4, -0.2) is 16.8 Å². The molecule has 0 bridgehead atoms. The van der Waals surface area contributed by atoms with E-state index in [0.717, 1.165) is 11.1 Å². The molecule has 0 fully saturated rings. The van der Waals surface area contributed by atoms with Gasteiger partial charge in [0, 0.05) is 24.2 Å². The second-order valence-electron chi connectivity index (χ2n) is 5.52. The number of pyridine rings is 1. The van der Waals surface area contributed by atoms with Crippen molar-refractivity contribution >= 4 is 23.2 Å². The van der Waals surface area contributed by atoms with E-state index in [1.165, 1.54) is 17.4 Å². The van der Waals surface area contributed by atoms with Gasteiger partial charge in [0.15, 0.2) is 0 Å². The Labute approximate surface area is 154 Å². The third kappa shape index (κ3) is 4.67. The molecule has 0 atom stereocenters. The predicted molar refractivity (Wildman–Crippen MR) is 99.0 cm³/mol. The van der Waals surface area contributed by atoms with Crippen molar-refractivity contribution in [2.75, 3.05) is 0 Å². The molecule has 7 heteroatoms. The molecule has 6 nitrogen and oxygen atoms in total. The van der Waals surface area contributed by atoms with E-state index in [1.807, 2.05) is 30.3 Å². The van der Waals surface area contributed by atoms with Gasteiger partial charge in [-0.05, 0) is 23.3 Å². The van der Waals surface area contributed by atoms with E-state index in [2.05, 4.69) is 10.3 Å². The Morgan fingerprint density at radius 2 is 1.92 bits per heavy atom. The molecule has 0 saturated heterocycles. The molecule has 2 aromatic heterocycles. The summed E-state index contributed by atoms with van der Waals surface area (Å²) in [6.45, 7) is 0.752. The smallest absolute Gasteiger partial charge is 0.261 e. The number of thiophene rings is 1. The molecular formula is C19H17N3O3S. The highest BCUT2D eigenvalue weighted by molar-refractivity contribution is 7.12. The van der Waals surface area contributed by atoms with Crippen molar-refractivity contribution in [1.82, 2.24) is 10.3 Å². The Balaban J connectivity index is 1.56. The number of benzene rings is 1. The van der Waals surface area contributed by atoms with E-state index < -0.39 is 5.91 Å². The number of carbonyl (C=O) groups is 2. The van der Waals surface area contributed by atoms with Gasteiger partial charge in [0.25, 0.3) is 5.91 Å². The molecule has 0 unspecified atom stereocenters. The van der Waals surface area contributed by atoms with E-state index in [9.17, 15) is 9.59 Å². The second-order valence-corrected chi connectivity index (χ2v) is 6.43. The second kappa shape index (κ2) is 8.26. The number of aromatic nitrogens is 1. The standard InChI is InChI=1S/C19H17N3O3S/c20-18(23)15-9-16(26-12-15)19(24)22-10-14-6-7-21-17(8-14)25-11-13-4-2-1-3-5-13/h1-9,12H,10-11H2,(H2,20,23)(H,22,24). The van der Waals surface area contributed by atoms with E-state index in [4.69, 9.17) is 10.5 Å². The number of nitrogens with one attached hydrogen (secondary N) is 1. The fourth-order valence-corrected chi connectivity index (χ4v) is 3.04. The summed E-state index contributed by atoms with van der Waals surface area (Å²) < 4.78 is 5.68. The average Bonchev–Trinajstić information content (AvgIpc) is 3.16. The lowest BCUT2D eigenvalue weighted by atomic mass is 10.2. The predicted octanol–water partition coefficient (Wildman–Crippen LogP) is 2.75. The maximum atomic E-state index is 12.1. The number of amides is 2. The monoisotopic (exact) mass is 367 g/mol. The van der Waals surface area contributed by atoms with Crippen LogP contribution < -0.4 is 15.8 Å². The Hall–Kier alpha value is -3.19. The molecule has 2 amide bonds. The van der Waals surface area contributed by atoms with Gasteiger partial charge in [-0.15, -0.1) is 11.3 Å². The first-order chi connectivity index (χ1) is 12.6. The third-order valence-corrected chi connectivity index (χ3v) is 4.52. The summed E-state index contributed by atoms with van der Waals surface area (Å²) in [6.07, 6.45) is 1.64. The van der Waals surface area contributed by atoms with Crippen LogP contribution in [0, 0.1) is 0 Å². The first kappa shape index (κ1) is 17.6. The van der Waals surface area contributed by atoms with Crippen molar-refractivity contribution in [1.29, 1.82) is 0 Å². The maximum absolute atomic E-state index is 12.1. The number of carbonyl (C=O) groups excluding carboxylic acids is 2. The van der Waals surface area contributed by atoms with Crippen molar-refractivity contribution in [3.8, 4) is 5.88 Å². The Bertz CT molecular complexity index is 909. The molecule has 1 aromatic carbocycles. The van der Waals surface area contributed by atoms with Gasteiger partial charge in [-0.2, -0.15) is 0 Å². The number of hydrogen-bond donors (Lipinski definition) is 2. The Morgan fingerprint density at radius 1 is 1.12 bits per heavy atom. The number of hydrogen-bond acceptors (Lipinski definition) is 5. The Morgan fingerprint density at radius 3 is 2.65 bits per heavy atom. The van der Waals surface area contributed by atoms with Crippen molar-refractivity contribution in [2.45, 2.75) is 13.2 Å². The molecular weight excluding hydrogens is 350 g/mol. The molecule has 26 heavy (non-hydrogen) atoms. The van der Waals surface area contributed by atoms with Crippen LogP contribution in [0.5, 0.6) is 5.88 Å². The van der Waals surface area contributed by atoms with Gasteiger partial charge < -0.3 is 15.8 Å². The van der Waals surface area contributed by atoms with Gasteiger partial charge >= 0.3 is 0 Å². The summed E-state index contributed by atoms with van der Waals surface area (Å²) >= 11 is 1.18. The number of primary amides is 1. The van der Waals surface area contributed by atoms with Gasteiger partial charge in [-0.25, -0.2) is 4.98 Å². The fraction of sp³-hybridized carbons (Fsp3) is 0.105. The zero-order valence-corrected chi connectivity index (χ0v) is 14.7. The zero-order chi connectivity index (χ0) is 18.4. The minimum Gasteiger partial charge on any atom is -0.473 e. The quantitative estimate of drug-likeness (QED) is 0.671. The number of rotatable bonds is 7. The molecule has 0 aliphatic heterocycles. The molecule has 0 aliphatic rings. The summed E-state index contributed by atoms with van der Waals surface area (Å²) in [5.74, 6) is -0.312. The average molecular weight is 367 g/mol. The molecule has 0 radical (unpaired) electrons. The van der Waals surface area contributed by atoms with Crippen LogP contribution in [0.15, 0.2) is 60.1 Å². The van der Waals surface area contributed by atoms with Gasteiger partial charge in [-0.1, -0.05) is 30.3 Å². The van der Waals surface area contributed by atoms with E-state index in [1.54, 1.807) is 23.7 Å². The van der Waals surface area contributed by atoms with E-state index >= 15 is 0 Å². The Kier molecular flexibility index (Phi) is 5.60. The van der Waals surface area contributed by atoms with Crippen LogP contribution in [0.1, 0.15) is 31.2 Å². The first-order valence-corrected chi connectivity index (χ1v) is 8.78. The molecule has 0 spiro atoms. The summed E-state index contributed by atoms with van der Waals surface area (Å²) in [7, 11) is 0. The van der Waals surface area contributed by atoms with Crippen LogP contribution in [0.2, 0.25) is 0 Å². The van der Waals surface area contributed by atoms with Crippen LogP contribution in [-0.2, 0) is 13.2 Å². The van der Waals surface area contributed by atoms with Gasteiger partial charge in [0.2, 0.25) is 11.8 Å². The minimum atomic E-state index is -0.547. The molecule has 3 N–H and O–H groups in total. The number of nitrogens with two attached hydrogens (primary N) is 1. The zero-order valence-electron chi connectivity index (χ0n) is 13.8. The maximum Gasteiger partial charge on any atom is 0.261 e. The van der Waals surface area contributed by atoms with Crippen molar-refractivity contribution in [3.05, 3.63) is 81.7 Å². The summed E-state index contributed by atoms with van der Waals surface area (Å²) in [4.78, 5) is 27.9. The van der Waals surface area contributed by atoms with E-state index in [-0.39, 0.29) is 5.91 Å². The summed E-state index contributed by atoms with van der Waals surface area (Å²) in [6, 6.07) is 14.9. The van der Waals surface area contributed by atoms with Crippen LogP contribution in [0.25, 0.3) is 0 Å². The molecule has 132 valence electrons. The minimum absolute atomic E-state index is 0.258. The van der Waals surface area contributed by atoms with Crippen molar-refractivity contribution < 1.29 is 14.3 Å². The summed E-state index contributed by atoms with van der Waals surface area (Å²) in [5.41, 5.74) is 7.44. The van der Waals surface area contributed by atoms with Gasteiger partial charge in [-0.3, -0.25) is 9.59 Å². The van der Waals surface area contributed by atoms with Crippen molar-refractivity contribution in [3.63, 3.8) is 0 Å². The number of ether oxygens (including phenoxy) is 1. The molecule has 2 heterocycles. The van der Waals surface area contributed by atoms with Crippen LogP contribution >= 0.6 is 11.3 Å². The highest BCUT2D eigenvalue weighted by Gasteiger charge is 2.11. The topological polar surface area (TPSA) is 94.3 Å². The lowest BCUT2D eigenvalue weighted by Crippen LogP contribution is -2.22. The summed E-state index contributed by atoms with van der Waals surface area (Å²) in [5, 5.41) is 4.37. The molecule has 0 aliphatic carbocycles. The molecule has 0 saturated carbocycles. The van der Waals surface area contributed by atoms with Gasteiger partial charge in [0.1, 0.15) is 6.61 Å².